The molecule has 1 aromatic rings. The van der Waals surface area contributed by atoms with E-state index in [1.54, 1.807) is 31.2 Å². The van der Waals surface area contributed by atoms with E-state index in [0.717, 1.165) is 45.4 Å². The van der Waals surface area contributed by atoms with Gasteiger partial charge in [0.15, 0.2) is 0 Å². The number of unbranched alkanes of at least 4 members (excludes halogenated alkanes) is 5. The Bertz CT molecular complexity index is 866. The number of esters is 1. The number of anilines is 1. The number of nitrogens with one attached hydrogen (secondary N) is 1. The van der Waals surface area contributed by atoms with Gasteiger partial charge in [0.1, 0.15) is 5.84 Å². The lowest BCUT2D eigenvalue weighted by Crippen LogP contribution is -2.48. The van der Waals surface area contributed by atoms with Crippen molar-refractivity contribution in [3.63, 3.8) is 0 Å². The van der Waals surface area contributed by atoms with Crippen LogP contribution in [-0.4, -0.2) is 86.1 Å². The van der Waals surface area contributed by atoms with Gasteiger partial charge in [-0.15, -0.1) is 0 Å². The molecule has 0 spiro atoms. The summed E-state index contributed by atoms with van der Waals surface area (Å²) in [6.07, 6.45) is 6.34. The molecule has 1 aliphatic rings. The normalized spacial score (nSPS) is 14.8. The van der Waals surface area contributed by atoms with Crippen molar-refractivity contribution in [2.75, 3.05) is 57.8 Å². The summed E-state index contributed by atoms with van der Waals surface area (Å²) >= 11 is 0. The van der Waals surface area contributed by atoms with Crippen LogP contribution in [0.2, 0.25) is 0 Å². The predicted octanol–water partition coefficient (Wildman–Crippen LogP) is 3.40. The predicted molar refractivity (Wildman–Crippen MR) is 145 cm³/mol. The fourth-order valence-corrected chi connectivity index (χ4v) is 4.00. The second kappa shape index (κ2) is 17.5. The first-order chi connectivity index (χ1) is 17.9. The molecule has 0 saturated carbocycles. The van der Waals surface area contributed by atoms with Gasteiger partial charge in [-0.3, -0.25) is 14.5 Å². The Labute approximate surface area is 220 Å². The van der Waals surface area contributed by atoms with Crippen molar-refractivity contribution in [3.05, 3.63) is 29.8 Å². The van der Waals surface area contributed by atoms with Crippen molar-refractivity contribution in [2.45, 2.75) is 58.8 Å². The molecule has 1 fully saturated rings. The van der Waals surface area contributed by atoms with Crippen LogP contribution >= 0.6 is 0 Å². The molecular formula is C27H43N5O5. The second-order valence-electron chi connectivity index (χ2n) is 9.18. The van der Waals surface area contributed by atoms with Gasteiger partial charge in [-0.2, -0.15) is 4.99 Å². The molecular weight excluding hydrogens is 474 g/mol. The van der Waals surface area contributed by atoms with Crippen molar-refractivity contribution in [1.29, 1.82) is 0 Å². The second-order valence-corrected chi connectivity index (χ2v) is 9.18. The Hall–Kier alpha value is -2.98. The SMILES string of the molecule is CCCCCCCCOC(=O)N=C(N)c1ccc(NC(=O)CCN2CCN(CC(=O)OCC)CC2)cc1. The van der Waals surface area contributed by atoms with Gasteiger partial charge in [-0.05, 0) is 37.6 Å². The zero-order valence-electron chi connectivity index (χ0n) is 22.4. The molecule has 3 N–H and O–H groups in total. The van der Waals surface area contributed by atoms with Crippen LogP contribution in [-0.2, 0) is 19.1 Å². The first-order valence-corrected chi connectivity index (χ1v) is 13.4. The van der Waals surface area contributed by atoms with E-state index >= 15 is 0 Å². The van der Waals surface area contributed by atoms with Gasteiger partial charge in [0.25, 0.3) is 0 Å². The molecule has 206 valence electrons. The fraction of sp³-hybridized carbons (Fsp3) is 0.630. The number of aliphatic imine (C=N–C) groups is 1. The van der Waals surface area contributed by atoms with E-state index in [9.17, 15) is 14.4 Å². The van der Waals surface area contributed by atoms with Crippen molar-refractivity contribution in [1.82, 2.24) is 9.80 Å². The maximum Gasteiger partial charge on any atom is 0.435 e. The number of benzene rings is 1. The van der Waals surface area contributed by atoms with E-state index < -0.39 is 6.09 Å². The van der Waals surface area contributed by atoms with E-state index in [0.29, 0.717) is 44.0 Å². The van der Waals surface area contributed by atoms with Crippen LogP contribution in [0, 0.1) is 0 Å². The molecule has 0 atom stereocenters. The van der Waals surface area contributed by atoms with E-state index in [1.165, 1.54) is 19.3 Å². The zero-order valence-corrected chi connectivity index (χ0v) is 22.4. The maximum atomic E-state index is 12.4. The molecule has 2 amide bonds. The van der Waals surface area contributed by atoms with Gasteiger partial charge in [0, 0.05) is 50.4 Å². The Morgan fingerprint density at radius 2 is 1.57 bits per heavy atom. The molecule has 0 aromatic heterocycles. The number of ether oxygens (including phenoxy) is 2. The van der Waals surface area contributed by atoms with Crippen LogP contribution in [0.3, 0.4) is 0 Å². The topological polar surface area (TPSA) is 127 Å². The minimum Gasteiger partial charge on any atom is -0.465 e. The highest BCUT2D eigenvalue weighted by atomic mass is 16.5. The molecule has 1 saturated heterocycles. The average Bonchev–Trinajstić information content (AvgIpc) is 2.88. The number of nitrogens with two attached hydrogens (primary N) is 1. The van der Waals surface area contributed by atoms with Gasteiger partial charge >= 0.3 is 12.1 Å². The molecule has 10 heteroatoms. The lowest BCUT2D eigenvalue weighted by molar-refractivity contribution is -0.144. The molecule has 1 aliphatic heterocycles. The monoisotopic (exact) mass is 517 g/mol. The zero-order chi connectivity index (χ0) is 26.9. The van der Waals surface area contributed by atoms with Crippen LogP contribution in [0.4, 0.5) is 10.5 Å². The molecule has 0 bridgehead atoms. The van der Waals surface area contributed by atoms with Crippen molar-refractivity contribution < 1.29 is 23.9 Å². The number of piperazine rings is 1. The van der Waals surface area contributed by atoms with Gasteiger partial charge in [0.2, 0.25) is 5.91 Å². The van der Waals surface area contributed by atoms with Crippen LogP contribution in [0.5, 0.6) is 0 Å². The van der Waals surface area contributed by atoms with Crippen LogP contribution < -0.4 is 11.1 Å². The lowest BCUT2D eigenvalue weighted by Gasteiger charge is -2.33. The van der Waals surface area contributed by atoms with E-state index in [1.807, 2.05) is 0 Å². The maximum absolute atomic E-state index is 12.4. The quantitative estimate of drug-likeness (QED) is 0.157. The third-order valence-electron chi connectivity index (χ3n) is 6.18. The number of hydrogen-bond acceptors (Lipinski definition) is 7. The summed E-state index contributed by atoms with van der Waals surface area (Å²) in [4.78, 5) is 44.0. The Morgan fingerprint density at radius 1 is 0.919 bits per heavy atom. The van der Waals surface area contributed by atoms with E-state index in [-0.39, 0.29) is 17.7 Å². The summed E-state index contributed by atoms with van der Waals surface area (Å²) in [6, 6.07) is 6.87. The van der Waals surface area contributed by atoms with Crippen LogP contribution in [0.15, 0.2) is 29.3 Å². The summed E-state index contributed by atoms with van der Waals surface area (Å²) < 4.78 is 10.1. The standard InChI is InChI=1S/C27H43N5O5/c1-3-5-6-7-8-9-20-37-27(35)30-26(28)22-10-12-23(13-11-22)29-24(33)14-15-31-16-18-32(19-17-31)21-25(34)36-4-2/h10-13H,3-9,14-21H2,1-2H3,(H,29,33)(H2,28,30,35). The number of nitrogens with zero attached hydrogens (tertiary/aromatic N) is 3. The summed E-state index contributed by atoms with van der Waals surface area (Å²) in [7, 11) is 0. The number of amides is 2. The number of rotatable bonds is 15. The van der Waals surface area contributed by atoms with Crippen LogP contribution in [0.1, 0.15) is 64.4 Å². The molecule has 2 rings (SSSR count). The van der Waals surface area contributed by atoms with E-state index in [2.05, 4.69) is 27.0 Å². The summed E-state index contributed by atoms with van der Waals surface area (Å²) in [5, 5.41) is 2.88. The van der Waals surface area contributed by atoms with Gasteiger partial charge in [-0.25, -0.2) is 4.79 Å². The van der Waals surface area contributed by atoms with Crippen LogP contribution in [0.25, 0.3) is 0 Å². The van der Waals surface area contributed by atoms with E-state index in [4.69, 9.17) is 15.2 Å². The average molecular weight is 518 g/mol. The summed E-state index contributed by atoms with van der Waals surface area (Å²) in [5.41, 5.74) is 7.17. The van der Waals surface area contributed by atoms with Gasteiger partial charge in [0.05, 0.1) is 19.8 Å². The van der Waals surface area contributed by atoms with Crippen molar-refractivity contribution in [2.24, 2.45) is 10.7 Å². The Kier molecular flexibility index (Phi) is 14.3. The first kappa shape index (κ1) is 30.2. The molecule has 1 aromatic carbocycles. The van der Waals surface area contributed by atoms with Gasteiger partial charge < -0.3 is 25.4 Å². The number of carbonyl (C=O) groups is 3. The van der Waals surface area contributed by atoms with Gasteiger partial charge in [-0.1, -0.05) is 39.0 Å². The summed E-state index contributed by atoms with van der Waals surface area (Å²) in [5.74, 6) is -0.202. The molecule has 1 heterocycles. The highest BCUT2D eigenvalue weighted by Gasteiger charge is 2.19. The number of amidine groups is 1. The third kappa shape index (κ3) is 12.7. The third-order valence-corrected chi connectivity index (χ3v) is 6.18. The van der Waals surface area contributed by atoms with Crippen molar-refractivity contribution >= 4 is 29.5 Å². The molecule has 0 unspecified atom stereocenters. The minimum atomic E-state index is -0.690. The highest BCUT2D eigenvalue weighted by molar-refractivity contribution is 6.03. The minimum absolute atomic E-state index is 0.0768. The Balaban J connectivity index is 1.66. The highest BCUT2D eigenvalue weighted by Crippen LogP contribution is 2.11. The molecule has 0 radical (unpaired) electrons. The number of hydrogen-bond donors (Lipinski definition) is 2. The fourth-order valence-electron chi connectivity index (χ4n) is 4.00. The Morgan fingerprint density at radius 3 is 2.24 bits per heavy atom. The molecule has 10 nitrogen and oxygen atoms in total. The molecule has 0 aliphatic carbocycles. The number of carbonyl (C=O) groups excluding carboxylic acids is 3. The lowest BCUT2D eigenvalue weighted by atomic mass is 10.1. The van der Waals surface area contributed by atoms with Crippen molar-refractivity contribution in [3.8, 4) is 0 Å². The summed E-state index contributed by atoms with van der Waals surface area (Å²) in [6.45, 7) is 8.84. The molecule has 37 heavy (non-hydrogen) atoms. The largest absolute Gasteiger partial charge is 0.465 e. The first-order valence-electron chi connectivity index (χ1n) is 13.4. The smallest absolute Gasteiger partial charge is 0.435 e.